The van der Waals surface area contributed by atoms with Crippen LogP contribution in [0.15, 0.2) is 4.79 Å². The van der Waals surface area contributed by atoms with Gasteiger partial charge < -0.3 is 10.6 Å². The molecule has 1 aromatic heterocycles. The van der Waals surface area contributed by atoms with Crippen LogP contribution in [-0.4, -0.2) is 35.7 Å². The van der Waals surface area contributed by atoms with Gasteiger partial charge >= 0.3 is 0 Å². The largest absolute Gasteiger partial charge is 0.352 e. The number of nitrogens with zero attached hydrogens (tertiary/aromatic N) is 1. The Labute approximate surface area is 136 Å². The number of amides is 1. The number of carbonyl (C=O) groups is 1. The summed E-state index contributed by atoms with van der Waals surface area (Å²) in [7, 11) is 0. The Balaban J connectivity index is 0.00000242. The third-order valence-electron chi connectivity index (χ3n) is 4.09. The fourth-order valence-electron chi connectivity index (χ4n) is 2.88. The van der Waals surface area contributed by atoms with Gasteiger partial charge in [-0.25, -0.2) is 5.10 Å². The number of H-pyrrole nitrogens is 1. The van der Waals surface area contributed by atoms with Gasteiger partial charge in [0.25, 0.3) is 11.5 Å². The van der Waals surface area contributed by atoms with Crippen LogP contribution in [-0.2, 0) is 12.8 Å². The van der Waals surface area contributed by atoms with Gasteiger partial charge in [0.1, 0.15) is 5.56 Å². The van der Waals surface area contributed by atoms with Gasteiger partial charge in [-0.05, 0) is 50.3 Å². The van der Waals surface area contributed by atoms with E-state index < -0.39 is 5.56 Å². The zero-order valence-electron chi connectivity index (χ0n) is 13.2. The van der Waals surface area contributed by atoms with Crippen LogP contribution in [0.1, 0.15) is 48.3 Å². The third-order valence-corrected chi connectivity index (χ3v) is 4.09. The van der Waals surface area contributed by atoms with Crippen LogP contribution in [0.4, 0.5) is 0 Å². The second-order valence-electron chi connectivity index (χ2n) is 5.46. The number of rotatable bonds is 6. The van der Waals surface area contributed by atoms with Crippen LogP contribution in [0.25, 0.3) is 0 Å². The summed E-state index contributed by atoms with van der Waals surface area (Å²) in [5, 5.41) is 12.6. The van der Waals surface area contributed by atoms with Crippen molar-refractivity contribution in [2.75, 3.05) is 19.6 Å². The second-order valence-corrected chi connectivity index (χ2v) is 5.46. The number of halogens is 1. The lowest BCUT2D eigenvalue weighted by Gasteiger charge is -2.12. The summed E-state index contributed by atoms with van der Waals surface area (Å²) in [6, 6.07) is 0. The molecule has 22 heavy (non-hydrogen) atoms. The Morgan fingerprint density at radius 3 is 2.73 bits per heavy atom. The highest BCUT2D eigenvalue weighted by Crippen LogP contribution is 2.12. The molecule has 0 aromatic carbocycles. The Hall–Kier alpha value is -1.40. The lowest BCUT2D eigenvalue weighted by atomic mass is 10.0. The molecule has 6 nitrogen and oxygen atoms in total. The molecule has 1 unspecified atom stereocenters. The summed E-state index contributed by atoms with van der Waals surface area (Å²) in [6.45, 7) is 6.59. The third kappa shape index (κ3) is 4.30. The minimum Gasteiger partial charge on any atom is -0.352 e. The zero-order valence-corrected chi connectivity index (χ0v) is 14.0. The summed E-state index contributed by atoms with van der Waals surface area (Å²) in [5.74, 6) is 0.342. The van der Waals surface area contributed by atoms with Gasteiger partial charge in [-0.1, -0.05) is 13.8 Å². The smallest absolute Gasteiger partial charge is 0.277 e. The minimum atomic E-state index is -0.399. The maximum absolute atomic E-state index is 12.3. The van der Waals surface area contributed by atoms with E-state index in [9.17, 15) is 9.59 Å². The molecule has 1 fully saturated rings. The van der Waals surface area contributed by atoms with Crippen LogP contribution in [0.3, 0.4) is 0 Å². The molecule has 7 heteroatoms. The van der Waals surface area contributed by atoms with Crippen LogP contribution in [0.2, 0.25) is 0 Å². The number of hydrogen-bond acceptors (Lipinski definition) is 4. The van der Waals surface area contributed by atoms with Gasteiger partial charge in [0.05, 0.1) is 5.69 Å². The molecule has 0 spiro atoms. The fourth-order valence-corrected chi connectivity index (χ4v) is 2.88. The SMILES string of the molecule is CCc1n[nH]c(=O)c(C(=O)NCCC2CCNC2)c1CC.Cl. The van der Waals surface area contributed by atoms with E-state index in [2.05, 4.69) is 20.8 Å². The zero-order chi connectivity index (χ0) is 15.2. The van der Waals surface area contributed by atoms with Crippen molar-refractivity contribution in [2.24, 2.45) is 5.92 Å². The summed E-state index contributed by atoms with van der Waals surface area (Å²) in [4.78, 5) is 24.3. The molecular weight excluding hydrogens is 304 g/mol. The van der Waals surface area contributed by atoms with E-state index in [0.717, 1.165) is 37.2 Å². The molecule has 1 atom stereocenters. The quantitative estimate of drug-likeness (QED) is 0.728. The van der Waals surface area contributed by atoms with E-state index in [1.165, 1.54) is 0 Å². The highest BCUT2D eigenvalue weighted by molar-refractivity contribution is 5.95. The lowest BCUT2D eigenvalue weighted by Crippen LogP contribution is -2.33. The predicted octanol–water partition coefficient (Wildman–Crippen LogP) is 1.05. The number of aromatic amines is 1. The molecular formula is C15H25ClN4O2. The standard InChI is InChI=1S/C15H24N4O2.ClH/c1-3-11-12(4-2)18-19-15(21)13(11)14(20)17-8-6-10-5-7-16-9-10;/h10,16H,3-9H2,1-2H3,(H,17,20)(H,19,21);1H. The first-order chi connectivity index (χ1) is 10.2. The summed E-state index contributed by atoms with van der Waals surface area (Å²) in [6.07, 6.45) is 3.44. The average Bonchev–Trinajstić information content (AvgIpc) is 2.99. The summed E-state index contributed by atoms with van der Waals surface area (Å²) in [5.41, 5.74) is 1.39. The Morgan fingerprint density at radius 2 is 2.14 bits per heavy atom. The van der Waals surface area contributed by atoms with Crippen molar-refractivity contribution in [3.63, 3.8) is 0 Å². The van der Waals surface area contributed by atoms with Crippen molar-refractivity contribution >= 4 is 18.3 Å². The fraction of sp³-hybridized carbons (Fsp3) is 0.667. The molecule has 2 heterocycles. The number of hydrogen-bond donors (Lipinski definition) is 3. The number of aromatic nitrogens is 2. The lowest BCUT2D eigenvalue weighted by molar-refractivity contribution is 0.0948. The topological polar surface area (TPSA) is 86.9 Å². The van der Waals surface area contributed by atoms with E-state index in [-0.39, 0.29) is 23.9 Å². The van der Waals surface area contributed by atoms with Crippen molar-refractivity contribution < 1.29 is 4.79 Å². The normalized spacial score (nSPS) is 17.1. The van der Waals surface area contributed by atoms with Crippen LogP contribution >= 0.6 is 12.4 Å². The van der Waals surface area contributed by atoms with Crippen LogP contribution < -0.4 is 16.2 Å². The second kappa shape index (κ2) is 8.90. The molecule has 3 N–H and O–H groups in total. The number of carbonyl (C=O) groups excluding carboxylic acids is 1. The van der Waals surface area contributed by atoms with Crippen molar-refractivity contribution in [2.45, 2.75) is 39.5 Å². The van der Waals surface area contributed by atoms with Crippen molar-refractivity contribution in [3.8, 4) is 0 Å². The highest BCUT2D eigenvalue weighted by Gasteiger charge is 2.19. The highest BCUT2D eigenvalue weighted by atomic mass is 35.5. The van der Waals surface area contributed by atoms with E-state index >= 15 is 0 Å². The minimum absolute atomic E-state index is 0. The first kappa shape index (κ1) is 18.6. The Bertz CT molecular complexity index is 553. The molecule has 124 valence electrons. The van der Waals surface area contributed by atoms with E-state index in [4.69, 9.17) is 0 Å². The van der Waals surface area contributed by atoms with Gasteiger partial charge in [-0.15, -0.1) is 12.4 Å². The summed E-state index contributed by atoms with van der Waals surface area (Å²) >= 11 is 0. The Morgan fingerprint density at radius 1 is 1.36 bits per heavy atom. The van der Waals surface area contributed by atoms with Crippen LogP contribution in [0, 0.1) is 5.92 Å². The molecule has 1 amide bonds. The molecule has 0 saturated carbocycles. The predicted molar refractivity (Wildman–Crippen MR) is 88.8 cm³/mol. The van der Waals surface area contributed by atoms with Gasteiger partial charge in [0, 0.05) is 6.54 Å². The molecule has 1 aliphatic heterocycles. The van der Waals surface area contributed by atoms with E-state index in [1.807, 2.05) is 13.8 Å². The van der Waals surface area contributed by atoms with Crippen molar-refractivity contribution in [1.82, 2.24) is 20.8 Å². The molecule has 1 aliphatic rings. The number of aryl methyl sites for hydroxylation is 1. The number of nitrogens with one attached hydrogen (secondary N) is 3. The van der Waals surface area contributed by atoms with Gasteiger partial charge in [0.15, 0.2) is 0 Å². The van der Waals surface area contributed by atoms with E-state index in [0.29, 0.717) is 25.3 Å². The summed E-state index contributed by atoms with van der Waals surface area (Å²) < 4.78 is 0. The van der Waals surface area contributed by atoms with Gasteiger partial charge in [-0.2, -0.15) is 5.10 Å². The average molecular weight is 329 g/mol. The van der Waals surface area contributed by atoms with Crippen molar-refractivity contribution in [3.05, 3.63) is 27.2 Å². The van der Waals surface area contributed by atoms with Crippen LogP contribution in [0.5, 0.6) is 0 Å². The monoisotopic (exact) mass is 328 g/mol. The molecule has 1 saturated heterocycles. The van der Waals surface area contributed by atoms with Gasteiger partial charge in [-0.3, -0.25) is 9.59 Å². The van der Waals surface area contributed by atoms with Gasteiger partial charge in [0.2, 0.25) is 0 Å². The Kier molecular flexibility index (Phi) is 7.55. The molecule has 0 aliphatic carbocycles. The maximum Gasteiger partial charge on any atom is 0.277 e. The maximum atomic E-state index is 12.3. The molecule has 0 bridgehead atoms. The first-order valence-electron chi connectivity index (χ1n) is 7.76. The van der Waals surface area contributed by atoms with E-state index in [1.54, 1.807) is 0 Å². The molecule has 1 aromatic rings. The van der Waals surface area contributed by atoms with Crippen molar-refractivity contribution in [1.29, 1.82) is 0 Å². The molecule has 0 radical (unpaired) electrons. The first-order valence-corrected chi connectivity index (χ1v) is 7.76. The molecule has 2 rings (SSSR count).